The van der Waals surface area contributed by atoms with Crippen LogP contribution in [0.3, 0.4) is 0 Å². The standard InChI is InChI=1S/C8HF17O3S/c9-2(3(10,11)7(21,22)23,8(24,25)29(26,27)28)1(4(12,13)14,5(15,16)17)6(18,19)20/h(H,26,27,28). The Hall–Kier alpha value is -1.28. The molecule has 1 atom stereocenters. The number of rotatable bonds is 4. The zero-order valence-corrected chi connectivity index (χ0v) is 12.9. The molecule has 0 fully saturated rings. The van der Waals surface area contributed by atoms with Crippen molar-refractivity contribution >= 4 is 10.1 Å². The first kappa shape index (κ1) is 27.7. The second kappa shape index (κ2) is 6.36. The van der Waals surface area contributed by atoms with E-state index in [2.05, 4.69) is 0 Å². The molecule has 0 rings (SSSR count). The van der Waals surface area contributed by atoms with E-state index >= 15 is 0 Å². The van der Waals surface area contributed by atoms with Crippen LogP contribution in [0.15, 0.2) is 0 Å². The van der Waals surface area contributed by atoms with Crippen molar-refractivity contribution in [2.45, 2.75) is 41.6 Å². The molecule has 0 saturated heterocycles. The SMILES string of the molecule is O=S(=O)(O)C(F)(F)C(F)(C(F)(F)C(F)(F)F)C(C(F)(F)F)(C(F)(F)F)C(F)(F)F. The van der Waals surface area contributed by atoms with Crippen LogP contribution in [0.25, 0.3) is 0 Å². The number of alkyl halides is 17. The summed E-state index contributed by atoms with van der Waals surface area (Å²) in [6.07, 6.45) is -34.9. The average molecular weight is 500 g/mol. The molecule has 0 heterocycles. The lowest BCUT2D eigenvalue weighted by Crippen LogP contribution is -2.82. The van der Waals surface area contributed by atoms with Gasteiger partial charge in [-0.25, -0.2) is 4.39 Å². The van der Waals surface area contributed by atoms with Gasteiger partial charge < -0.3 is 0 Å². The van der Waals surface area contributed by atoms with E-state index in [4.69, 9.17) is 4.55 Å². The molecule has 0 aliphatic carbocycles. The van der Waals surface area contributed by atoms with Gasteiger partial charge in [-0.1, -0.05) is 0 Å². The third-order valence-corrected chi connectivity index (χ3v) is 4.24. The maximum Gasteiger partial charge on any atom is 0.457 e. The summed E-state index contributed by atoms with van der Waals surface area (Å²) in [6.45, 7) is 0. The summed E-state index contributed by atoms with van der Waals surface area (Å²) in [7, 11) is -8.56. The van der Waals surface area contributed by atoms with Gasteiger partial charge >= 0.3 is 51.4 Å². The van der Waals surface area contributed by atoms with E-state index < -0.39 is 57.1 Å². The molecule has 0 aliphatic heterocycles. The van der Waals surface area contributed by atoms with Gasteiger partial charge in [-0.05, 0) is 0 Å². The second-order valence-corrected chi connectivity index (χ2v) is 6.43. The van der Waals surface area contributed by atoms with Crippen molar-refractivity contribution in [2.24, 2.45) is 5.41 Å². The van der Waals surface area contributed by atoms with E-state index in [0.717, 1.165) is 0 Å². The van der Waals surface area contributed by atoms with Gasteiger partial charge in [0.15, 0.2) is 0 Å². The molecular formula is C8HF17O3S. The van der Waals surface area contributed by atoms with Gasteiger partial charge in [0.1, 0.15) is 0 Å². The molecule has 0 saturated carbocycles. The Bertz CT molecular complexity index is 686. The lowest BCUT2D eigenvalue weighted by Gasteiger charge is -2.51. The third kappa shape index (κ3) is 3.26. The van der Waals surface area contributed by atoms with Crippen molar-refractivity contribution < 1.29 is 87.6 Å². The molecule has 1 unspecified atom stereocenters. The van der Waals surface area contributed by atoms with Crippen molar-refractivity contribution in [1.29, 1.82) is 0 Å². The summed E-state index contributed by atoms with van der Waals surface area (Å²) >= 11 is 0. The number of hydrogen-bond donors (Lipinski definition) is 1. The lowest BCUT2D eigenvalue weighted by atomic mass is 9.66. The van der Waals surface area contributed by atoms with E-state index in [9.17, 15) is 83.1 Å². The van der Waals surface area contributed by atoms with Crippen LogP contribution in [0, 0.1) is 5.41 Å². The molecule has 0 aliphatic rings. The molecule has 176 valence electrons. The summed E-state index contributed by atoms with van der Waals surface area (Å²) in [5.74, 6) is -9.03. The van der Waals surface area contributed by atoms with Crippen molar-refractivity contribution in [3.63, 3.8) is 0 Å². The summed E-state index contributed by atoms with van der Waals surface area (Å²) in [6, 6.07) is 0. The molecule has 0 aromatic rings. The normalized spacial score (nSPS) is 18.6. The maximum absolute atomic E-state index is 14.2. The summed E-state index contributed by atoms with van der Waals surface area (Å²) in [5.41, 5.74) is -18.9. The van der Waals surface area contributed by atoms with Crippen LogP contribution in [0.5, 0.6) is 0 Å². The largest absolute Gasteiger partial charge is 0.457 e. The minimum absolute atomic E-state index is 7.85. The predicted molar refractivity (Wildman–Crippen MR) is 51.9 cm³/mol. The van der Waals surface area contributed by atoms with Gasteiger partial charge in [-0.15, -0.1) is 0 Å². The predicted octanol–water partition coefficient (Wildman–Crippen LogP) is 5.05. The molecule has 29 heavy (non-hydrogen) atoms. The van der Waals surface area contributed by atoms with Crippen LogP contribution in [0.1, 0.15) is 0 Å². The van der Waals surface area contributed by atoms with Crippen LogP contribution >= 0.6 is 0 Å². The van der Waals surface area contributed by atoms with Crippen LogP contribution in [0.4, 0.5) is 74.6 Å². The Morgan fingerprint density at radius 3 is 0.862 bits per heavy atom. The average Bonchev–Trinajstić information content (AvgIpc) is 2.29. The number of hydrogen-bond acceptors (Lipinski definition) is 2. The molecular weight excluding hydrogens is 499 g/mol. The monoisotopic (exact) mass is 500 g/mol. The molecule has 0 spiro atoms. The van der Waals surface area contributed by atoms with Gasteiger partial charge in [0.25, 0.3) is 5.67 Å². The fraction of sp³-hybridized carbons (Fsp3) is 1.00. The van der Waals surface area contributed by atoms with E-state index in [1.807, 2.05) is 0 Å². The first-order chi connectivity index (χ1) is 12.0. The summed E-state index contributed by atoms with van der Waals surface area (Å²) in [5, 5.41) is -8.68. The highest BCUT2D eigenvalue weighted by Crippen LogP contribution is 2.74. The maximum atomic E-state index is 14.2. The van der Waals surface area contributed by atoms with Gasteiger partial charge in [0.05, 0.1) is 0 Å². The Kier molecular flexibility index (Phi) is 6.08. The summed E-state index contributed by atoms with van der Waals surface area (Å²) < 4.78 is 247. The van der Waals surface area contributed by atoms with Crippen molar-refractivity contribution in [1.82, 2.24) is 0 Å². The Labute approximate surface area is 146 Å². The van der Waals surface area contributed by atoms with Crippen LogP contribution in [-0.2, 0) is 10.1 Å². The molecule has 0 aromatic carbocycles. The zero-order valence-electron chi connectivity index (χ0n) is 12.1. The lowest BCUT2D eigenvalue weighted by molar-refractivity contribution is -0.505. The molecule has 0 bridgehead atoms. The van der Waals surface area contributed by atoms with E-state index in [0.29, 0.717) is 0 Å². The highest BCUT2D eigenvalue weighted by molar-refractivity contribution is 7.87. The quantitative estimate of drug-likeness (QED) is 0.435. The Morgan fingerprint density at radius 1 is 0.483 bits per heavy atom. The molecule has 0 aromatic heterocycles. The molecule has 21 heteroatoms. The van der Waals surface area contributed by atoms with Gasteiger partial charge in [-0.2, -0.15) is 78.7 Å². The highest BCUT2D eigenvalue weighted by Gasteiger charge is 3.04. The van der Waals surface area contributed by atoms with Crippen molar-refractivity contribution in [3.8, 4) is 0 Å². The molecule has 3 nitrogen and oxygen atoms in total. The zero-order chi connectivity index (χ0) is 24.5. The van der Waals surface area contributed by atoms with Gasteiger partial charge in [-0.3, -0.25) is 4.55 Å². The highest BCUT2D eigenvalue weighted by atomic mass is 32.2. The molecule has 0 radical (unpaired) electrons. The topological polar surface area (TPSA) is 54.4 Å². The third-order valence-electron chi connectivity index (χ3n) is 3.31. The van der Waals surface area contributed by atoms with Crippen LogP contribution in [-0.4, -0.2) is 54.5 Å². The van der Waals surface area contributed by atoms with Crippen molar-refractivity contribution in [2.75, 3.05) is 0 Å². The number of halogens is 17. The fourth-order valence-electron chi connectivity index (χ4n) is 2.08. The van der Waals surface area contributed by atoms with Gasteiger partial charge in [0, 0.05) is 0 Å². The minimum Gasteiger partial charge on any atom is -0.281 e. The van der Waals surface area contributed by atoms with E-state index in [1.165, 1.54) is 0 Å². The fourth-order valence-corrected chi connectivity index (χ4v) is 2.71. The minimum atomic E-state index is -9.48. The Balaban J connectivity index is 8.37. The van der Waals surface area contributed by atoms with Crippen molar-refractivity contribution in [3.05, 3.63) is 0 Å². The van der Waals surface area contributed by atoms with Gasteiger partial charge in [0.2, 0.25) is 0 Å². The van der Waals surface area contributed by atoms with E-state index in [1.54, 1.807) is 0 Å². The molecule has 0 amide bonds. The first-order valence-corrected chi connectivity index (χ1v) is 7.12. The molecule has 1 N–H and O–H groups in total. The second-order valence-electron chi connectivity index (χ2n) is 4.97. The van der Waals surface area contributed by atoms with Crippen LogP contribution < -0.4 is 0 Å². The van der Waals surface area contributed by atoms with E-state index in [-0.39, 0.29) is 0 Å². The Morgan fingerprint density at radius 2 is 0.724 bits per heavy atom. The smallest absolute Gasteiger partial charge is 0.281 e. The summed E-state index contributed by atoms with van der Waals surface area (Å²) in [4.78, 5) is 0. The van der Waals surface area contributed by atoms with Crippen LogP contribution in [0.2, 0.25) is 0 Å². The first-order valence-electron chi connectivity index (χ1n) is 5.68.